The van der Waals surface area contributed by atoms with Crippen LogP contribution in [0.25, 0.3) is 0 Å². The summed E-state index contributed by atoms with van der Waals surface area (Å²) in [6.07, 6.45) is -3.42. The molecule has 0 saturated heterocycles. The van der Waals surface area contributed by atoms with Gasteiger partial charge < -0.3 is 0 Å². The minimum absolute atomic E-state index is 0.155. The van der Waals surface area contributed by atoms with Gasteiger partial charge in [-0.1, -0.05) is 45.4 Å². The van der Waals surface area contributed by atoms with Crippen molar-refractivity contribution in [3.63, 3.8) is 0 Å². The van der Waals surface area contributed by atoms with Crippen molar-refractivity contribution >= 4 is 11.6 Å². The quantitative estimate of drug-likeness (QED) is 0.495. The van der Waals surface area contributed by atoms with Crippen LogP contribution in [0.15, 0.2) is 36.5 Å². The highest BCUT2D eigenvalue weighted by atomic mass is 35.5. The number of aromatic nitrogens is 1. The summed E-state index contributed by atoms with van der Waals surface area (Å²) in [6, 6.07) is 7.09. The first-order chi connectivity index (χ1) is 11.1. The maximum Gasteiger partial charge on any atom is 0.417 e. The Kier molecular flexibility index (Phi) is 9.59. The number of rotatable bonds is 1. The van der Waals surface area contributed by atoms with Crippen molar-refractivity contribution in [1.82, 2.24) is 4.98 Å². The van der Waals surface area contributed by atoms with Gasteiger partial charge >= 0.3 is 6.18 Å². The Hall–Kier alpha value is -1.62. The highest BCUT2D eigenvalue weighted by Crippen LogP contribution is 2.28. The highest BCUT2D eigenvalue weighted by Gasteiger charge is 2.30. The Balaban J connectivity index is 0.000000420. The van der Waals surface area contributed by atoms with Gasteiger partial charge in [0.2, 0.25) is 0 Å². The first-order valence-electron chi connectivity index (χ1n) is 7.56. The van der Waals surface area contributed by atoms with Crippen LogP contribution in [-0.4, -0.2) is 4.98 Å². The molecule has 0 aliphatic heterocycles. The third-order valence-corrected chi connectivity index (χ3v) is 3.07. The van der Waals surface area contributed by atoms with Crippen molar-refractivity contribution in [2.24, 2.45) is 0 Å². The van der Waals surface area contributed by atoms with E-state index in [2.05, 4.69) is 4.98 Å². The van der Waals surface area contributed by atoms with E-state index in [0.717, 1.165) is 12.3 Å². The molecule has 1 aromatic carbocycles. The molecule has 2 aromatic rings. The maximum atomic E-state index is 12.5. The molecule has 0 atom stereocenters. The van der Waals surface area contributed by atoms with Crippen molar-refractivity contribution in [2.45, 2.75) is 46.7 Å². The molecule has 0 fully saturated rings. The van der Waals surface area contributed by atoms with Crippen molar-refractivity contribution < 1.29 is 17.6 Å². The molecular weight excluding hydrogens is 342 g/mol. The lowest BCUT2D eigenvalue weighted by Crippen LogP contribution is -2.06. The third-order valence-electron chi connectivity index (χ3n) is 2.84. The van der Waals surface area contributed by atoms with Crippen LogP contribution in [0.3, 0.4) is 0 Å². The molecule has 1 nitrogen and oxygen atoms in total. The molecule has 0 bridgehead atoms. The van der Waals surface area contributed by atoms with Crippen molar-refractivity contribution in [3.8, 4) is 0 Å². The number of aryl methyl sites for hydroxylation is 1. The van der Waals surface area contributed by atoms with E-state index < -0.39 is 11.7 Å². The summed E-state index contributed by atoms with van der Waals surface area (Å²) in [6.45, 7) is 9.47. The molecule has 24 heavy (non-hydrogen) atoms. The average Bonchev–Trinajstić information content (AvgIpc) is 2.53. The van der Waals surface area contributed by atoms with E-state index in [1.807, 2.05) is 27.7 Å². The maximum absolute atomic E-state index is 12.5. The van der Waals surface area contributed by atoms with E-state index in [1.165, 1.54) is 12.1 Å². The van der Waals surface area contributed by atoms with Crippen LogP contribution in [0.2, 0.25) is 5.02 Å². The van der Waals surface area contributed by atoms with Gasteiger partial charge in [0.05, 0.1) is 5.56 Å². The molecule has 6 heteroatoms. The number of nitrogens with zero attached hydrogens (tertiary/aromatic N) is 1. The zero-order valence-electron chi connectivity index (χ0n) is 14.4. The second-order valence-corrected chi connectivity index (χ2v) is 5.45. The van der Waals surface area contributed by atoms with Crippen LogP contribution in [0.5, 0.6) is 0 Å². The van der Waals surface area contributed by atoms with Crippen molar-refractivity contribution in [3.05, 3.63) is 64.2 Å². The smallest absolute Gasteiger partial charge is 0.260 e. The van der Waals surface area contributed by atoms with Gasteiger partial charge in [-0.15, -0.1) is 0 Å². The van der Waals surface area contributed by atoms with Crippen molar-refractivity contribution in [1.29, 1.82) is 0 Å². The molecule has 0 N–H and O–H groups in total. The van der Waals surface area contributed by atoms with E-state index in [4.69, 9.17) is 11.6 Å². The molecule has 0 radical (unpaired) electrons. The molecule has 0 unspecified atom stereocenters. The van der Waals surface area contributed by atoms with Gasteiger partial charge in [-0.3, -0.25) is 4.98 Å². The van der Waals surface area contributed by atoms with Gasteiger partial charge in [0.1, 0.15) is 5.82 Å². The molecule has 0 aliphatic rings. The van der Waals surface area contributed by atoms with Gasteiger partial charge in [0, 0.05) is 16.9 Å². The van der Waals surface area contributed by atoms with Crippen LogP contribution < -0.4 is 0 Å². The second-order valence-electron chi connectivity index (χ2n) is 5.02. The summed E-state index contributed by atoms with van der Waals surface area (Å²) in [5.41, 5.74) is 0.601. The fourth-order valence-corrected chi connectivity index (χ4v) is 1.64. The summed E-state index contributed by atoms with van der Waals surface area (Å²) in [5, 5.41) is 0.443. The topological polar surface area (TPSA) is 12.9 Å². The standard InChI is InChI=1S/C9H10F3N.C7H6ClF.C2H6/c1-6(2)8-4-3-7(5-13-8)9(10,11)12;1-5-2-3-6(8)4-7(5)9;1-2/h3-6H,1-2H3;2-4H,1H3;1-2H3. The Bertz CT molecular complexity index is 607. The number of hydrogen-bond acceptors (Lipinski definition) is 1. The Morgan fingerprint density at radius 2 is 1.62 bits per heavy atom. The lowest BCUT2D eigenvalue weighted by molar-refractivity contribution is -0.137. The molecule has 134 valence electrons. The number of halogens is 5. The fraction of sp³-hybridized carbons (Fsp3) is 0.389. The zero-order chi connectivity index (χ0) is 18.9. The van der Waals surface area contributed by atoms with E-state index >= 15 is 0 Å². The van der Waals surface area contributed by atoms with Crippen LogP contribution in [0, 0.1) is 12.7 Å². The summed E-state index contributed by atoms with van der Waals surface area (Å²) < 4.78 is 48.7. The molecule has 0 amide bonds. The Labute approximate surface area is 145 Å². The van der Waals surface area contributed by atoms with Crippen molar-refractivity contribution in [2.75, 3.05) is 0 Å². The molecule has 1 aromatic heterocycles. The largest absolute Gasteiger partial charge is 0.417 e. The molecule has 0 saturated carbocycles. The van der Waals surface area contributed by atoms with Gasteiger partial charge in [-0.25, -0.2) is 4.39 Å². The van der Waals surface area contributed by atoms with E-state index in [1.54, 1.807) is 19.1 Å². The molecule has 0 spiro atoms. The third kappa shape index (κ3) is 7.77. The Morgan fingerprint density at radius 3 is 1.96 bits per heavy atom. The zero-order valence-corrected chi connectivity index (χ0v) is 15.1. The number of benzene rings is 1. The minimum Gasteiger partial charge on any atom is -0.260 e. The number of pyridine rings is 1. The average molecular weight is 364 g/mol. The molecule has 1 heterocycles. The fourth-order valence-electron chi connectivity index (χ4n) is 1.48. The monoisotopic (exact) mass is 363 g/mol. The normalized spacial score (nSPS) is 10.5. The predicted octanol–water partition coefficient (Wildman–Crippen LogP) is 7.04. The summed E-state index contributed by atoms with van der Waals surface area (Å²) in [5.74, 6) is -0.0928. The van der Waals surface area contributed by atoms with Crippen LogP contribution in [0.4, 0.5) is 17.6 Å². The van der Waals surface area contributed by atoms with Gasteiger partial charge in [-0.05, 0) is 42.7 Å². The van der Waals surface area contributed by atoms with Gasteiger partial charge in [0.15, 0.2) is 0 Å². The molecule has 0 aliphatic carbocycles. The lowest BCUT2D eigenvalue weighted by atomic mass is 10.1. The highest BCUT2D eigenvalue weighted by molar-refractivity contribution is 6.30. The molecule has 2 rings (SSSR count). The summed E-state index contributed by atoms with van der Waals surface area (Å²) >= 11 is 5.48. The first-order valence-corrected chi connectivity index (χ1v) is 7.94. The minimum atomic E-state index is -4.29. The number of alkyl halides is 3. The van der Waals surface area contributed by atoms with E-state index in [9.17, 15) is 17.6 Å². The van der Waals surface area contributed by atoms with Gasteiger partial charge in [0.25, 0.3) is 0 Å². The predicted molar refractivity (Wildman–Crippen MR) is 90.8 cm³/mol. The van der Waals surface area contributed by atoms with Crippen LogP contribution >= 0.6 is 11.6 Å². The lowest BCUT2D eigenvalue weighted by Gasteiger charge is -2.08. The summed E-state index contributed by atoms with van der Waals surface area (Å²) in [7, 11) is 0. The summed E-state index contributed by atoms with van der Waals surface area (Å²) in [4.78, 5) is 3.72. The van der Waals surface area contributed by atoms with Gasteiger partial charge in [-0.2, -0.15) is 13.2 Å². The second kappa shape index (κ2) is 10.3. The Morgan fingerprint density at radius 1 is 1.04 bits per heavy atom. The SMILES string of the molecule is CC.CC(C)c1ccc(C(F)(F)F)cn1.Cc1ccc(Cl)cc1F. The van der Waals surface area contributed by atoms with E-state index in [0.29, 0.717) is 16.3 Å². The van der Waals surface area contributed by atoms with E-state index in [-0.39, 0.29) is 11.7 Å². The molecular formula is C18H22ClF4N. The first kappa shape index (κ1) is 22.4. The van der Waals surface area contributed by atoms with Crippen LogP contribution in [0.1, 0.15) is 50.4 Å². The number of hydrogen-bond donors (Lipinski definition) is 0. The van der Waals surface area contributed by atoms with Crippen LogP contribution in [-0.2, 0) is 6.18 Å².